The van der Waals surface area contributed by atoms with Crippen molar-refractivity contribution in [3.05, 3.63) is 33.8 Å². The molecule has 0 aliphatic heterocycles. The zero-order valence-corrected chi connectivity index (χ0v) is 11.7. The van der Waals surface area contributed by atoms with E-state index in [4.69, 9.17) is 5.11 Å². The molecule has 0 fully saturated rings. The van der Waals surface area contributed by atoms with Gasteiger partial charge in [-0.15, -0.1) is 16.4 Å². The predicted octanol–water partition coefficient (Wildman–Crippen LogP) is 1.03. The van der Waals surface area contributed by atoms with Gasteiger partial charge in [-0.25, -0.2) is 9.48 Å². The van der Waals surface area contributed by atoms with Crippen molar-refractivity contribution in [2.45, 2.75) is 19.9 Å². The smallest absolute Gasteiger partial charge is 0.358 e. The number of carboxylic acids is 1. The average molecular weight is 294 g/mol. The first kappa shape index (κ1) is 14.2. The van der Waals surface area contributed by atoms with Gasteiger partial charge < -0.3 is 10.4 Å². The van der Waals surface area contributed by atoms with Gasteiger partial charge in [-0.2, -0.15) is 0 Å². The van der Waals surface area contributed by atoms with Gasteiger partial charge in [-0.05, 0) is 18.6 Å². The minimum Gasteiger partial charge on any atom is -0.476 e. The van der Waals surface area contributed by atoms with Gasteiger partial charge in [0, 0.05) is 11.4 Å². The molecule has 0 unspecified atom stereocenters. The highest BCUT2D eigenvalue weighted by Crippen LogP contribution is 2.16. The van der Waals surface area contributed by atoms with Gasteiger partial charge in [0.15, 0.2) is 5.69 Å². The molecule has 2 heterocycles. The summed E-state index contributed by atoms with van der Waals surface area (Å²) in [5.74, 6) is -1.25. The third-order valence-electron chi connectivity index (χ3n) is 2.62. The van der Waals surface area contributed by atoms with E-state index in [9.17, 15) is 9.59 Å². The molecule has 2 aromatic rings. The molecular weight excluding hydrogens is 280 g/mol. The fraction of sp³-hybridized carbons (Fsp3) is 0.333. The Labute approximate surface area is 119 Å². The van der Waals surface area contributed by atoms with Crippen molar-refractivity contribution in [2.24, 2.45) is 0 Å². The standard InChI is InChI=1S/C12H14N4O3S/c1-2-8-3-4-10(20-8)11(17)13-5-6-16-7-9(12(18)19)14-15-16/h3-4,7H,2,5-6H2,1H3,(H,13,17)(H,18,19). The van der Waals surface area contributed by atoms with Crippen LogP contribution in [0.1, 0.15) is 32.0 Å². The maximum absolute atomic E-state index is 11.8. The molecule has 0 aliphatic rings. The van der Waals surface area contributed by atoms with Gasteiger partial charge in [0.25, 0.3) is 5.91 Å². The molecule has 0 bridgehead atoms. The molecule has 2 aromatic heterocycles. The fourth-order valence-corrected chi connectivity index (χ4v) is 2.43. The second kappa shape index (κ2) is 6.29. The van der Waals surface area contributed by atoms with Crippen molar-refractivity contribution in [1.29, 1.82) is 0 Å². The Morgan fingerprint density at radius 2 is 2.25 bits per heavy atom. The van der Waals surface area contributed by atoms with Crippen LogP contribution in [0.15, 0.2) is 18.3 Å². The normalized spacial score (nSPS) is 10.4. The van der Waals surface area contributed by atoms with Crippen molar-refractivity contribution < 1.29 is 14.7 Å². The van der Waals surface area contributed by atoms with Crippen LogP contribution in [0.3, 0.4) is 0 Å². The summed E-state index contributed by atoms with van der Waals surface area (Å²) < 4.78 is 1.38. The lowest BCUT2D eigenvalue weighted by Gasteiger charge is -2.02. The highest BCUT2D eigenvalue weighted by atomic mass is 32.1. The number of aryl methyl sites for hydroxylation is 1. The first-order valence-corrected chi connectivity index (χ1v) is 6.92. The number of carbonyl (C=O) groups is 2. The summed E-state index contributed by atoms with van der Waals surface area (Å²) in [7, 11) is 0. The van der Waals surface area contributed by atoms with Crippen LogP contribution in [-0.4, -0.2) is 38.5 Å². The Hall–Kier alpha value is -2.22. The molecule has 1 amide bonds. The monoisotopic (exact) mass is 294 g/mol. The van der Waals surface area contributed by atoms with Crippen LogP contribution in [0.2, 0.25) is 0 Å². The van der Waals surface area contributed by atoms with E-state index in [-0.39, 0.29) is 11.6 Å². The molecule has 0 atom stereocenters. The van der Waals surface area contributed by atoms with Crippen LogP contribution in [0.25, 0.3) is 0 Å². The molecule has 0 radical (unpaired) electrons. The summed E-state index contributed by atoms with van der Waals surface area (Å²) in [6.07, 6.45) is 2.24. The number of hydrogen-bond donors (Lipinski definition) is 2. The molecule has 0 aliphatic carbocycles. The molecule has 0 spiro atoms. The number of amides is 1. The second-order valence-corrected chi connectivity index (χ2v) is 5.22. The molecule has 8 heteroatoms. The number of aromatic nitrogens is 3. The maximum atomic E-state index is 11.8. The van der Waals surface area contributed by atoms with Gasteiger partial charge in [0.05, 0.1) is 17.6 Å². The van der Waals surface area contributed by atoms with Crippen molar-refractivity contribution in [3.8, 4) is 0 Å². The first-order chi connectivity index (χ1) is 9.60. The minimum atomic E-state index is -1.12. The highest BCUT2D eigenvalue weighted by molar-refractivity contribution is 7.14. The number of thiophene rings is 1. The quantitative estimate of drug-likeness (QED) is 0.829. The Balaban J connectivity index is 1.82. The Morgan fingerprint density at radius 3 is 2.85 bits per heavy atom. The van der Waals surface area contributed by atoms with Crippen LogP contribution in [-0.2, 0) is 13.0 Å². The number of hydrogen-bond acceptors (Lipinski definition) is 5. The van der Waals surface area contributed by atoms with Crippen molar-refractivity contribution in [1.82, 2.24) is 20.3 Å². The largest absolute Gasteiger partial charge is 0.476 e. The number of carboxylic acid groups (broad SMARTS) is 1. The third kappa shape index (κ3) is 3.41. The molecule has 2 rings (SSSR count). The Bertz CT molecular complexity index is 620. The minimum absolute atomic E-state index is 0.109. The van der Waals surface area contributed by atoms with E-state index in [1.807, 2.05) is 13.0 Å². The highest BCUT2D eigenvalue weighted by Gasteiger charge is 2.10. The van der Waals surface area contributed by atoms with Gasteiger partial charge in [-0.1, -0.05) is 12.1 Å². The van der Waals surface area contributed by atoms with E-state index >= 15 is 0 Å². The maximum Gasteiger partial charge on any atom is 0.358 e. The number of nitrogens with zero attached hydrogens (tertiary/aromatic N) is 3. The number of nitrogens with one attached hydrogen (secondary N) is 1. The molecule has 20 heavy (non-hydrogen) atoms. The van der Waals surface area contributed by atoms with E-state index in [2.05, 4.69) is 15.6 Å². The number of carbonyl (C=O) groups excluding carboxylic acids is 1. The molecule has 0 aromatic carbocycles. The molecule has 7 nitrogen and oxygen atoms in total. The summed E-state index contributed by atoms with van der Waals surface area (Å²) in [4.78, 5) is 24.3. The average Bonchev–Trinajstić information content (AvgIpc) is 3.07. The van der Waals surface area contributed by atoms with Gasteiger partial charge in [0.1, 0.15) is 0 Å². The molecule has 0 saturated carbocycles. The van der Waals surface area contributed by atoms with Crippen molar-refractivity contribution in [2.75, 3.05) is 6.54 Å². The van der Waals surface area contributed by atoms with Gasteiger partial charge >= 0.3 is 5.97 Å². The Morgan fingerprint density at radius 1 is 1.45 bits per heavy atom. The summed E-state index contributed by atoms with van der Waals surface area (Å²) in [5, 5.41) is 18.6. The Kier molecular flexibility index (Phi) is 4.46. The topological polar surface area (TPSA) is 97.1 Å². The van der Waals surface area contributed by atoms with E-state index in [0.29, 0.717) is 18.0 Å². The van der Waals surface area contributed by atoms with Gasteiger partial charge in [0.2, 0.25) is 0 Å². The summed E-state index contributed by atoms with van der Waals surface area (Å²) in [5.41, 5.74) is -0.109. The molecule has 0 saturated heterocycles. The van der Waals surface area contributed by atoms with Crippen molar-refractivity contribution in [3.63, 3.8) is 0 Å². The summed E-state index contributed by atoms with van der Waals surface area (Å²) >= 11 is 1.47. The van der Waals surface area contributed by atoms with Crippen molar-refractivity contribution >= 4 is 23.2 Å². The van der Waals surface area contributed by atoms with Crippen LogP contribution < -0.4 is 5.32 Å². The predicted molar refractivity (Wildman–Crippen MR) is 73.0 cm³/mol. The fourth-order valence-electron chi connectivity index (χ4n) is 1.57. The van der Waals surface area contributed by atoms with Crippen LogP contribution in [0.5, 0.6) is 0 Å². The van der Waals surface area contributed by atoms with Crippen LogP contribution in [0, 0.1) is 0 Å². The number of aromatic carboxylic acids is 1. The van der Waals surface area contributed by atoms with Crippen LogP contribution >= 0.6 is 11.3 Å². The zero-order valence-electron chi connectivity index (χ0n) is 10.9. The zero-order chi connectivity index (χ0) is 14.5. The molecular formula is C12H14N4O3S. The number of rotatable bonds is 6. The summed E-state index contributed by atoms with van der Waals surface area (Å²) in [6.45, 7) is 2.77. The lowest BCUT2D eigenvalue weighted by Crippen LogP contribution is -2.26. The van der Waals surface area contributed by atoms with Crippen LogP contribution in [0.4, 0.5) is 0 Å². The van der Waals surface area contributed by atoms with E-state index in [1.165, 1.54) is 22.2 Å². The molecule has 106 valence electrons. The van der Waals surface area contributed by atoms with E-state index < -0.39 is 5.97 Å². The van der Waals surface area contributed by atoms with Gasteiger partial charge in [-0.3, -0.25) is 4.79 Å². The SMILES string of the molecule is CCc1ccc(C(=O)NCCn2cc(C(=O)O)nn2)s1. The lowest BCUT2D eigenvalue weighted by molar-refractivity contribution is 0.0690. The van der Waals surface area contributed by atoms with E-state index in [0.717, 1.165) is 11.3 Å². The third-order valence-corrected chi connectivity index (χ3v) is 3.85. The first-order valence-electron chi connectivity index (χ1n) is 6.10. The second-order valence-electron chi connectivity index (χ2n) is 4.05. The van der Waals surface area contributed by atoms with E-state index in [1.54, 1.807) is 6.07 Å². The lowest BCUT2D eigenvalue weighted by atomic mass is 10.3. The molecule has 2 N–H and O–H groups in total. The summed E-state index contributed by atoms with van der Waals surface area (Å²) in [6, 6.07) is 3.74.